The zero-order valence-electron chi connectivity index (χ0n) is 21.3. The van der Waals surface area contributed by atoms with Crippen molar-refractivity contribution in [1.82, 2.24) is 4.90 Å². The van der Waals surface area contributed by atoms with E-state index in [2.05, 4.69) is 81.2 Å². The number of phenols is 1. The number of hydrogen-bond acceptors (Lipinski definition) is 3. The van der Waals surface area contributed by atoms with Gasteiger partial charge < -0.3 is 15.1 Å². The molecule has 0 radical (unpaired) electrons. The molecule has 182 valence electrons. The Morgan fingerprint density at radius 3 is 1.97 bits per heavy atom. The summed E-state index contributed by atoms with van der Waals surface area (Å²) >= 11 is 0. The normalized spacial score (nSPS) is 11.6. The molecule has 3 rings (SSSR count). The van der Waals surface area contributed by atoms with Gasteiger partial charge in [-0.3, -0.25) is 0 Å². The van der Waals surface area contributed by atoms with Gasteiger partial charge in [-0.05, 0) is 84.9 Å². The van der Waals surface area contributed by atoms with Gasteiger partial charge in [-0.15, -0.1) is 0 Å². The van der Waals surface area contributed by atoms with E-state index in [9.17, 15) is 10.2 Å². The number of hydrogen-bond donors (Lipinski definition) is 2. The van der Waals surface area contributed by atoms with Crippen LogP contribution in [0, 0.1) is 0 Å². The molecular weight excluding hydrogens is 418 g/mol. The van der Waals surface area contributed by atoms with E-state index in [-0.39, 0.29) is 12.4 Å². The number of phenolic OH excluding ortho intramolecular Hbond substituents is 1. The van der Waals surface area contributed by atoms with E-state index >= 15 is 0 Å². The number of aliphatic hydroxyl groups is 1. The van der Waals surface area contributed by atoms with Gasteiger partial charge in [0.05, 0.1) is 0 Å². The molecule has 3 nitrogen and oxygen atoms in total. The summed E-state index contributed by atoms with van der Waals surface area (Å²) in [6.45, 7) is 9.00. The lowest BCUT2D eigenvalue weighted by Gasteiger charge is -2.18. The molecule has 0 heterocycles. The molecule has 0 aliphatic carbocycles. The molecule has 0 fully saturated rings. The van der Waals surface area contributed by atoms with Crippen LogP contribution in [0.1, 0.15) is 62.3 Å². The molecular formula is C31H41NO2. The molecule has 3 aromatic carbocycles. The van der Waals surface area contributed by atoms with Gasteiger partial charge in [0.1, 0.15) is 5.75 Å². The van der Waals surface area contributed by atoms with Crippen LogP contribution in [0.4, 0.5) is 0 Å². The SMILES string of the molecule is CCCc1cccc(/C(=C(/CCCO)c2ccccc2)c2ccc(O)cc2)c1.CCN(C)CC. The standard InChI is InChI=1S/C26H28O2.C5H13N/c1-2-8-20-9-6-12-23(19-20)26(22-14-16-24(28)17-15-22)25(13-7-18-27)21-10-4-3-5-11-21;1-4-6(3)5-2/h3-6,9-12,14-17,19,27-28H,2,7-8,13,18H2,1H3;4-5H2,1-3H3/b26-25-;. The summed E-state index contributed by atoms with van der Waals surface area (Å²) in [4.78, 5) is 2.25. The van der Waals surface area contributed by atoms with Crippen LogP contribution in [0.5, 0.6) is 5.75 Å². The summed E-state index contributed by atoms with van der Waals surface area (Å²) in [5, 5.41) is 19.3. The third-order valence-electron chi connectivity index (χ3n) is 6.00. The summed E-state index contributed by atoms with van der Waals surface area (Å²) in [7, 11) is 2.11. The maximum Gasteiger partial charge on any atom is 0.115 e. The van der Waals surface area contributed by atoms with Crippen molar-refractivity contribution in [2.75, 3.05) is 26.7 Å². The van der Waals surface area contributed by atoms with Crippen molar-refractivity contribution in [3.05, 3.63) is 101 Å². The molecule has 0 bridgehead atoms. The van der Waals surface area contributed by atoms with Crippen molar-refractivity contribution in [3.8, 4) is 5.75 Å². The van der Waals surface area contributed by atoms with Crippen LogP contribution in [0.3, 0.4) is 0 Å². The average molecular weight is 460 g/mol. The third-order valence-corrected chi connectivity index (χ3v) is 6.00. The Balaban J connectivity index is 0.000000604. The van der Waals surface area contributed by atoms with E-state index in [1.165, 1.54) is 22.3 Å². The van der Waals surface area contributed by atoms with E-state index < -0.39 is 0 Å². The van der Waals surface area contributed by atoms with Crippen molar-refractivity contribution < 1.29 is 10.2 Å². The lowest BCUT2D eigenvalue weighted by Crippen LogP contribution is -2.15. The molecule has 0 aliphatic heterocycles. The lowest BCUT2D eigenvalue weighted by atomic mass is 9.86. The molecule has 3 aromatic rings. The van der Waals surface area contributed by atoms with Gasteiger partial charge in [0.2, 0.25) is 0 Å². The number of aromatic hydroxyl groups is 1. The maximum atomic E-state index is 9.77. The van der Waals surface area contributed by atoms with Crippen molar-refractivity contribution in [2.24, 2.45) is 0 Å². The highest BCUT2D eigenvalue weighted by atomic mass is 16.3. The second-order valence-electron chi connectivity index (χ2n) is 8.53. The van der Waals surface area contributed by atoms with Crippen molar-refractivity contribution in [1.29, 1.82) is 0 Å². The predicted octanol–water partition coefficient (Wildman–Crippen LogP) is 7.03. The molecule has 2 N–H and O–H groups in total. The highest BCUT2D eigenvalue weighted by molar-refractivity contribution is 5.98. The Bertz CT molecular complexity index is 989. The van der Waals surface area contributed by atoms with Gasteiger partial charge in [-0.25, -0.2) is 0 Å². The van der Waals surface area contributed by atoms with E-state index in [1.54, 1.807) is 12.1 Å². The Morgan fingerprint density at radius 2 is 1.41 bits per heavy atom. The third kappa shape index (κ3) is 8.48. The fourth-order valence-corrected chi connectivity index (χ4v) is 3.85. The predicted molar refractivity (Wildman–Crippen MR) is 146 cm³/mol. The maximum absolute atomic E-state index is 9.77. The highest BCUT2D eigenvalue weighted by Crippen LogP contribution is 2.36. The van der Waals surface area contributed by atoms with Gasteiger partial charge >= 0.3 is 0 Å². The van der Waals surface area contributed by atoms with Crippen LogP contribution in [-0.2, 0) is 6.42 Å². The fraction of sp³-hybridized carbons (Fsp3) is 0.355. The van der Waals surface area contributed by atoms with Gasteiger partial charge in [0, 0.05) is 6.61 Å². The van der Waals surface area contributed by atoms with Gasteiger partial charge in [-0.1, -0.05) is 93.9 Å². The summed E-state index contributed by atoms with van der Waals surface area (Å²) < 4.78 is 0. The van der Waals surface area contributed by atoms with Crippen molar-refractivity contribution >= 4 is 11.1 Å². The largest absolute Gasteiger partial charge is 0.508 e. The molecule has 0 spiro atoms. The Hall–Kier alpha value is -2.88. The minimum absolute atomic E-state index is 0.162. The fourth-order valence-electron chi connectivity index (χ4n) is 3.85. The van der Waals surface area contributed by atoms with Gasteiger partial charge in [0.15, 0.2) is 0 Å². The first kappa shape index (κ1) is 27.4. The molecule has 0 saturated carbocycles. The summed E-state index contributed by atoms with van der Waals surface area (Å²) in [5.41, 5.74) is 7.12. The second-order valence-corrected chi connectivity index (χ2v) is 8.53. The second kappa shape index (κ2) is 15.1. The summed E-state index contributed by atoms with van der Waals surface area (Å²) in [6.07, 6.45) is 3.65. The van der Waals surface area contributed by atoms with Crippen LogP contribution in [0.15, 0.2) is 78.9 Å². The smallest absolute Gasteiger partial charge is 0.115 e. The highest BCUT2D eigenvalue weighted by Gasteiger charge is 2.14. The number of nitrogens with zero attached hydrogens (tertiary/aromatic N) is 1. The van der Waals surface area contributed by atoms with E-state index in [0.717, 1.165) is 43.5 Å². The Kier molecular flexibility index (Phi) is 12.2. The first-order valence-corrected chi connectivity index (χ1v) is 12.5. The van der Waals surface area contributed by atoms with Crippen LogP contribution >= 0.6 is 0 Å². The minimum Gasteiger partial charge on any atom is -0.508 e. The molecule has 0 atom stereocenters. The minimum atomic E-state index is 0.162. The van der Waals surface area contributed by atoms with Crippen LogP contribution in [0.2, 0.25) is 0 Å². The Labute approximate surface area is 206 Å². The number of aryl methyl sites for hydroxylation is 1. The molecule has 0 aliphatic rings. The molecule has 0 unspecified atom stereocenters. The number of aliphatic hydroxyl groups excluding tert-OH is 1. The molecule has 0 amide bonds. The zero-order chi connectivity index (χ0) is 24.8. The first-order valence-electron chi connectivity index (χ1n) is 12.5. The van der Waals surface area contributed by atoms with E-state index in [1.807, 2.05) is 18.2 Å². The van der Waals surface area contributed by atoms with Crippen LogP contribution < -0.4 is 0 Å². The lowest BCUT2D eigenvalue weighted by molar-refractivity contribution is 0.290. The molecule has 0 aromatic heterocycles. The van der Waals surface area contributed by atoms with Crippen LogP contribution in [-0.4, -0.2) is 41.9 Å². The monoisotopic (exact) mass is 459 g/mol. The number of allylic oxidation sites excluding steroid dienone is 1. The number of benzene rings is 3. The quantitative estimate of drug-likeness (QED) is 0.320. The summed E-state index contributed by atoms with van der Waals surface area (Å²) in [5.74, 6) is 0.263. The van der Waals surface area contributed by atoms with Gasteiger partial charge in [0.25, 0.3) is 0 Å². The molecule has 3 heteroatoms. The van der Waals surface area contributed by atoms with E-state index in [0.29, 0.717) is 6.42 Å². The van der Waals surface area contributed by atoms with Crippen LogP contribution in [0.25, 0.3) is 11.1 Å². The zero-order valence-corrected chi connectivity index (χ0v) is 21.3. The number of rotatable bonds is 10. The Morgan fingerprint density at radius 1 is 0.765 bits per heavy atom. The molecule has 34 heavy (non-hydrogen) atoms. The first-order chi connectivity index (χ1) is 16.5. The van der Waals surface area contributed by atoms with Gasteiger partial charge in [-0.2, -0.15) is 0 Å². The summed E-state index contributed by atoms with van der Waals surface area (Å²) in [6, 6.07) is 26.5. The van der Waals surface area contributed by atoms with Crippen molar-refractivity contribution in [3.63, 3.8) is 0 Å². The van der Waals surface area contributed by atoms with Crippen molar-refractivity contribution in [2.45, 2.75) is 46.5 Å². The average Bonchev–Trinajstić information content (AvgIpc) is 2.88. The van der Waals surface area contributed by atoms with E-state index in [4.69, 9.17) is 0 Å². The molecule has 0 saturated heterocycles. The topological polar surface area (TPSA) is 43.7 Å².